The fourth-order valence-corrected chi connectivity index (χ4v) is 4.31. The molecule has 2 spiro atoms. The zero-order chi connectivity index (χ0) is 20.4. The number of hydrogen-bond acceptors (Lipinski definition) is 6. The van der Waals surface area contributed by atoms with Crippen LogP contribution >= 0.6 is 0 Å². The Morgan fingerprint density at radius 3 is 1.14 bits per heavy atom. The zero-order valence-electron chi connectivity index (χ0n) is 17.9. The summed E-state index contributed by atoms with van der Waals surface area (Å²) in [6, 6.07) is 0. The van der Waals surface area contributed by atoms with E-state index in [1.165, 1.54) is 0 Å². The van der Waals surface area contributed by atoms with Gasteiger partial charge >= 0.3 is 12.2 Å². The van der Waals surface area contributed by atoms with E-state index >= 15 is 0 Å². The van der Waals surface area contributed by atoms with E-state index < -0.39 is 0 Å². The van der Waals surface area contributed by atoms with Gasteiger partial charge in [-0.25, -0.2) is 9.59 Å². The van der Waals surface area contributed by atoms with E-state index in [1.54, 1.807) is 23.9 Å². The lowest BCUT2D eigenvalue weighted by Gasteiger charge is -2.44. The second kappa shape index (κ2) is 8.45. The molecule has 0 aromatic heterocycles. The SMILES string of the molecule is CN1CCC2(CC1)CCN(C)C(=O)O2.CN1CCC2(CC1)CCN(C)C(=O)O2. The van der Waals surface area contributed by atoms with Crippen molar-refractivity contribution in [2.24, 2.45) is 0 Å². The van der Waals surface area contributed by atoms with E-state index in [4.69, 9.17) is 9.47 Å². The molecule has 0 aromatic rings. The van der Waals surface area contributed by atoms with Crippen LogP contribution in [0.5, 0.6) is 0 Å². The smallest absolute Gasteiger partial charge is 0.410 e. The molecular formula is C20H36N4O4. The first kappa shape index (κ1) is 21.2. The molecule has 0 saturated carbocycles. The Bertz CT molecular complexity index is 508. The number of nitrogens with zero attached hydrogens (tertiary/aromatic N) is 4. The van der Waals surface area contributed by atoms with Crippen LogP contribution in [0.3, 0.4) is 0 Å². The minimum Gasteiger partial charge on any atom is -0.443 e. The Hall–Kier alpha value is -1.54. The summed E-state index contributed by atoms with van der Waals surface area (Å²) in [5.74, 6) is 0. The maximum Gasteiger partial charge on any atom is 0.410 e. The van der Waals surface area contributed by atoms with E-state index in [2.05, 4.69) is 23.9 Å². The van der Waals surface area contributed by atoms with Crippen molar-refractivity contribution in [2.75, 3.05) is 67.5 Å². The highest BCUT2D eigenvalue weighted by Gasteiger charge is 2.42. The predicted molar refractivity (Wildman–Crippen MR) is 106 cm³/mol. The van der Waals surface area contributed by atoms with Crippen molar-refractivity contribution in [3.05, 3.63) is 0 Å². The molecule has 4 saturated heterocycles. The van der Waals surface area contributed by atoms with Crippen LogP contribution in [0.25, 0.3) is 0 Å². The first-order valence-corrected chi connectivity index (χ1v) is 10.5. The minimum absolute atomic E-state index is 0.143. The molecule has 0 atom stereocenters. The Kier molecular flexibility index (Phi) is 6.39. The largest absolute Gasteiger partial charge is 0.443 e. The molecule has 4 aliphatic heterocycles. The number of carbonyl (C=O) groups is 2. The van der Waals surface area contributed by atoms with Gasteiger partial charge in [-0.2, -0.15) is 0 Å². The second-order valence-electron chi connectivity index (χ2n) is 9.05. The van der Waals surface area contributed by atoms with Crippen molar-refractivity contribution in [1.29, 1.82) is 0 Å². The number of likely N-dealkylation sites (tertiary alicyclic amines) is 2. The van der Waals surface area contributed by atoms with Crippen molar-refractivity contribution in [3.63, 3.8) is 0 Å². The molecule has 160 valence electrons. The molecule has 0 aromatic carbocycles. The van der Waals surface area contributed by atoms with Gasteiger partial charge in [0.15, 0.2) is 0 Å². The monoisotopic (exact) mass is 396 g/mol. The first-order valence-electron chi connectivity index (χ1n) is 10.5. The number of amides is 2. The van der Waals surface area contributed by atoms with Crippen molar-refractivity contribution in [1.82, 2.24) is 19.6 Å². The fraction of sp³-hybridized carbons (Fsp3) is 0.900. The molecule has 0 bridgehead atoms. The van der Waals surface area contributed by atoms with Gasteiger partial charge in [0.2, 0.25) is 0 Å². The average Bonchev–Trinajstić information content (AvgIpc) is 2.68. The third-order valence-electron chi connectivity index (χ3n) is 6.83. The van der Waals surface area contributed by atoms with Gasteiger partial charge in [-0.1, -0.05) is 0 Å². The Balaban J connectivity index is 0.000000161. The number of hydrogen-bond donors (Lipinski definition) is 0. The van der Waals surface area contributed by atoms with Crippen molar-refractivity contribution in [2.45, 2.75) is 49.7 Å². The molecule has 0 N–H and O–H groups in total. The van der Waals surface area contributed by atoms with Gasteiger partial charge in [0.05, 0.1) is 0 Å². The molecule has 0 aliphatic carbocycles. The lowest BCUT2D eigenvalue weighted by Crippen LogP contribution is -2.53. The average molecular weight is 397 g/mol. The van der Waals surface area contributed by atoms with Crippen molar-refractivity contribution < 1.29 is 19.1 Å². The van der Waals surface area contributed by atoms with Gasteiger partial charge in [0, 0.05) is 91.9 Å². The Labute approximate surface area is 168 Å². The van der Waals surface area contributed by atoms with Gasteiger partial charge in [-0.3, -0.25) is 0 Å². The van der Waals surface area contributed by atoms with Gasteiger partial charge < -0.3 is 29.1 Å². The fourth-order valence-electron chi connectivity index (χ4n) is 4.31. The number of carbonyl (C=O) groups excluding carboxylic acids is 2. The summed E-state index contributed by atoms with van der Waals surface area (Å²) in [6.45, 7) is 5.83. The topological polar surface area (TPSA) is 65.6 Å². The molecule has 4 rings (SSSR count). The van der Waals surface area contributed by atoms with Crippen LogP contribution in [0.15, 0.2) is 0 Å². The second-order valence-corrected chi connectivity index (χ2v) is 9.05. The van der Waals surface area contributed by atoms with Crippen LogP contribution in [-0.2, 0) is 9.47 Å². The maximum absolute atomic E-state index is 11.4. The molecule has 0 radical (unpaired) electrons. The van der Waals surface area contributed by atoms with Crippen LogP contribution in [0.2, 0.25) is 0 Å². The van der Waals surface area contributed by atoms with Crippen LogP contribution in [0.4, 0.5) is 9.59 Å². The van der Waals surface area contributed by atoms with Crippen LogP contribution in [0.1, 0.15) is 38.5 Å². The van der Waals surface area contributed by atoms with E-state index in [1.807, 2.05) is 0 Å². The van der Waals surface area contributed by atoms with Gasteiger partial charge in [0.25, 0.3) is 0 Å². The molecule has 2 amide bonds. The molecule has 4 aliphatic rings. The van der Waals surface area contributed by atoms with E-state index in [0.717, 1.165) is 77.8 Å². The normalized spacial score (nSPS) is 27.9. The summed E-state index contributed by atoms with van der Waals surface area (Å²) in [4.78, 5) is 30.8. The number of ether oxygens (including phenoxy) is 2. The predicted octanol–water partition coefficient (Wildman–Crippen LogP) is 1.85. The molecule has 4 heterocycles. The third-order valence-corrected chi connectivity index (χ3v) is 6.83. The van der Waals surface area contributed by atoms with Crippen LogP contribution in [0, 0.1) is 0 Å². The van der Waals surface area contributed by atoms with E-state index in [9.17, 15) is 9.59 Å². The molecular weight excluding hydrogens is 360 g/mol. The summed E-state index contributed by atoms with van der Waals surface area (Å²) in [6.07, 6.45) is 5.63. The Morgan fingerprint density at radius 1 is 0.571 bits per heavy atom. The molecule has 8 nitrogen and oxygen atoms in total. The first-order chi connectivity index (χ1) is 13.2. The lowest BCUT2D eigenvalue weighted by atomic mass is 9.87. The minimum atomic E-state index is -0.152. The van der Waals surface area contributed by atoms with E-state index in [-0.39, 0.29) is 23.4 Å². The third kappa shape index (κ3) is 4.89. The highest BCUT2D eigenvalue weighted by atomic mass is 16.6. The molecule has 28 heavy (non-hydrogen) atoms. The Morgan fingerprint density at radius 2 is 0.857 bits per heavy atom. The zero-order valence-corrected chi connectivity index (χ0v) is 17.9. The summed E-state index contributed by atoms with van der Waals surface area (Å²) < 4.78 is 11.1. The standard InChI is InChI=1S/2C10H18N2O2/c2*1-11-6-3-10(4-7-11)5-8-12(2)9(13)14-10/h2*3-8H2,1-2H3. The maximum atomic E-state index is 11.4. The van der Waals surface area contributed by atoms with Crippen LogP contribution in [-0.4, -0.2) is 110 Å². The van der Waals surface area contributed by atoms with Gasteiger partial charge in [0.1, 0.15) is 11.2 Å². The molecule has 8 heteroatoms. The summed E-state index contributed by atoms with van der Waals surface area (Å²) in [7, 11) is 7.82. The lowest BCUT2D eigenvalue weighted by molar-refractivity contribution is -0.0746. The highest BCUT2D eigenvalue weighted by molar-refractivity contribution is 5.69. The highest BCUT2D eigenvalue weighted by Crippen LogP contribution is 2.33. The van der Waals surface area contributed by atoms with Crippen molar-refractivity contribution >= 4 is 12.2 Å². The number of piperidine rings is 2. The van der Waals surface area contributed by atoms with Gasteiger partial charge in [-0.05, 0) is 14.1 Å². The van der Waals surface area contributed by atoms with E-state index in [0.29, 0.717) is 0 Å². The quantitative estimate of drug-likeness (QED) is 0.623. The summed E-state index contributed by atoms with van der Waals surface area (Å²) >= 11 is 0. The van der Waals surface area contributed by atoms with Crippen molar-refractivity contribution in [3.8, 4) is 0 Å². The van der Waals surface area contributed by atoms with Gasteiger partial charge in [-0.15, -0.1) is 0 Å². The molecule has 4 fully saturated rings. The summed E-state index contributed by atoms with van der Waals surface area (Å²) in [5.41, 5.74) is -0.286. The summed E-state index contributed by atoms with van der Waals surface area (Å²) in [5, 5.41) is 0. The molecule has 0 unspecified atom stereocenters. The number of rotatable bonds is 0. The van der Waals surface area contributed by atoms with Crippen LogP contribution < -0.4 is 0 Å².